The highest BCUT2D eigenvalue weighted by molar-refractivity contribution is 5.84. The molecule has 0 bridgehead atoms. The van der Waals surface area contributed by atoms with Gasteiger partial charge in [0.15, 0.2) is 0 Å². The van der Waals surface area contributed by atoms with Gasteiger partial charge in [0.2, 0.25) is 0 Å². The number of hydrogen-bond donors (Lipinski definition) is 1. The van der Waals surface area contributed by atoms with Crippen LogP contribution in [0.3, 0.4) is 0 Å². The summed E-state index contributed by atoms with van der Waals surface area (Å²) in [5.74, 6) is 5.70. The Labute approximate surface area is 231 Å². The molecule has 4 aliphatic rings. The van der Waals surface area contributed by atoms with E-state index in [2.05, 4.69) is 51.0 Å². The van der Waals surface area contributed by atoms with Gasteiger partial charge in [0.1, 0.15) is 11.9 Å². The molecule has 1 amide bonds. The van der Waals surface area contributed by atoms with E-state index in [4.69, 9.17) is 4.74 Å². The number of aromatic nitrogens is 1. The van der Waals surface area contributed by atoms with E-state index < -0.39 is 0 Å². The Morgan fingerprint density at radius 2 is 1.92 bits per heavy atom. The van der Waals surface area contributed by atoms with Gasteiger partial charge in [0, 0.05) is 12.6 Å². The predicted octanol–water partition coefficient (Wildman–Crippen LogP) is 9.35. The molecule has 1 aromatic heterocycles. The number of hydrogen-bond acceptors (Lipinski definition) is 3. The topological polar surface area (TPSA) is 51.2 Å². The van der Waals surface area contributed by atoms with Crippen molar-refractivity contribution in [1.29, 1.82) is 0 Å². The zero-order valence-corrected chi connectivity index (χ0v) is 24.9. The average Bonchev–Trinajstić information content (AvgIpc) is 3.23. The third-order valence-corrected chi connectivity index (χ3v) is 11.8. The number of ether oxygens (including phenoxy) is 1. The number of nitrogens with zero attached hydrogens (tertiary/aromatic N) is 1. The van der Waals surface area contributed by atoms with Gasteiger partial charge in [-0.15, -0.1) is 0 Å². The maximum Gasteiger partial charge on any atom is 0.413 e. The Kier molecular flexibility index (Phi) is 8.00. The second kappa shape index (κ2) is 11.0. The molecule has 8 atom stereocenters. The number of aryl methyl sites for hydroxylation is 1. The van der Waals surface area contributed by atoms with E-state index in [1.165, 1.54) is 51.4 Å². The molecule has 0 aliphatic heterocycles. The SMILES string of the molecule is Cc1cccnc1NC(=O)O[C@H]1CC[C@@]2(C)C(=CC[C@H]3[C@@H]4CC[C@H]([C@H](C)CCCC(C)C)[C@@]4(C)CC[C@@H]32)C1. The van der Waals surface area contributed by atoms with Crippen LogP contribution >= 0.6 is 0 Å². The molecular weight excluding hydrogens is 468 g/mol. The van der Waals surface area contributed by atoms with Gasteiger partial charge in [-0.05, 0) is 110 Å². The lowest BCUT2D eigenvalue weighted by molar-refractivity contribution is -0.0577. The number of allylic oxidation sites excluding steroid dienone is 1. The van der Waals surface area contributed by atoms with Crippen LogP contribution in [0, 0.1) is 53.3 Å². The Balaban J connectivity index is 1.22. The highest BCUT2D eigenvalue weighted by Gasteiger charge is 2.59. The monoisotopic (exact) mass is 520 g/mol. The molecule has 4 aliphatic carbocycles. The molecule has 210 valence electrons. The normalized spacial score (nSPS) is 37.0. The summed E-state index contributed by atoms with van der Waals surface area (Å²) in [4.78, 5) is 16.9. The number of rotatable bonds is 7. The highest BCUT2D eigenvalue weighted by atomic mass is 16.6. The summed E-state index contributed by atoms with van der Waals surface area (Å²) in [5, 5.41) is 2.85. The molecule has 1 N–H and O–H groups in total. The molecule has 0 saturated heterocycles. The Morgan fingerprint density at radius 1 is 1.11 bits per heavy atom. The summed E-state index contributed by atoms with van der Waals surface area (Å²) in [5.41, 5.74) is 3.32. The maximum absolute atomic E-state index is 12.7. The molecule has 4 heteroatoms. The minimum atomic E-state index is -0.373. The summed E-state index contributed by atoms with van der Waals surface area (Å²) in [7, 11) is 0. The summed E-state index contributed by atoms with van der Waals surface area (Å²) in [6.45, 7) is 14.5. The minimum Gasteiger partial charge on any atom is -0.446 e. The van der Waals surface area contributed by atoms with Crippen molar-refractivity contribution in [3.8, 4) is 0 Å². The molecule has 1 aromatic rings. The molecule has 0 aromatic carbocycles. The molecule has 0 radical (unpaired) electrons. The molecular formula is C34H52N2O2. The van der Waals surface area contributed by atoms with Crippen LogP contribution in [0.15, 0.2) is 30.0 Å². The van der Waals surface area contributed by atoms with Gasteiger partial charge >= 0.3 is 6.09 Å². The predicted molar refractivity (Wildman–Crippen MR) is 156 cm³/mol. The van der Waals surface area contributed by atoms with Crippen LogP contribution in [0.4, 0.5) is 10.6 Å². The van der Waals surface area contributed by atoms with E-state index in [1.807, 2.05) is 19.1 Å². The van der Waals surface area contributed by atoms with Gasteiger partial charge in [-0.1, -0.05) is 71.6 Å². The maximum atomic E-state index is 12.7. The van der Waals surface area contributed by atoms with Crippen LogP contribution in [-0.2, 0) is 4.74 Å². The van der Waals surface area contributed by atoms with Crippen molar-refractivity contribution in [2.24, 2.45) is 46.3 Å². The smallest absolute Gasteiger partial charge is 0.413 e. The molecule has 38 heavy (non-hydrogen) atoms. The number of fused-ring (bicyclic) bond motifs is 5. The lowest BCUT2D eigenvalue weighted by atomic mass is 9.47. The van der Waals surface area contributed by atoms with Crippen LogP contribution in [0.2, 0.25) is 0 Å². The van der Waals surface area contributed by atoms with E-state index in [0.717, 1.165) is 60.3 Å². The van der Waals surface area contributed by atoms with Crippen molar-refractivity contribution in [3.05, 3.63) is 35.5 Å². The molecule has 1 heterocycles. The van der Waals surface area contributed by atoms with E-state index in [0.29, 0.717) is 11.2 Å². The van der Waals surface area contributed by atoms with E-state index in [1.54, 1.807) is 11.8 Å². The van der Waals surface area contributed by atoms with Crippen LogP contribution in [0.25, 0.3) is 0 Å². The summed E-state index contributed by atoms with van der Waals surface area (Å²) in [6, 6.07) is 3.83. The molecule has 0 unspecified atom stereocenters. The Morgan fingerprint density at radius 3 is 2.68 bits per heavy atom. The van der Waals surface area contributed by atoms with Crippen LogP contribution in [0.1, 0.15) is 111 Å². The highest BCUT2D eigenvalue weighted by Crippen LogP contribution is 2.67. The van der Waals surface area contributed by atoms with Gasteiger partial charge in [0.05, 0.1) is 0 Å². The van der Waals surface area contributed by atoms with Crippen molar-refractivity contribution in [1.82, 2.24) is 4.98 Å². The molecule has 4 nitrogen and oxygen atoms in total. The quantitative estimate of drug-likeness (QED) is 0.364. The van der Waals surface area contributed by atoms with Crippen LogP contribution in [-0.4, -0.2) is 17.2 Å². The number of amides is 1. The first kappa shape index (κ1) is 27.7. The first-order chi connectivity index (χ1) is 18.1. The lowest BCUT2D eigenvalue weighted by Crippen LogP contribution is -2.51. The van der Waals surface area contributed by atoms with Gasteiger partial charge in [0.25, 0.3) is 0 Å². The van der Waals surface area contributed by atoms with Crippen molar-refractivity contribution < 1.29 is 9.53 Å². The van der Waals surface area contributed by atoms with Crippen molar-refractivity contribution in [2.75, 3.05) is 5.32 Å². The fourth-order valence-corrected chi connectivity index (χ4v) is 9.65. The summed E-state index contributed by atoms with van der Waals surface area (Å²) < 4.78 is 5.92. The number of nitrogens with one attached hydrogen (secondary N) is 1. The van der Waals surface area contributed by atoms with Crippen molar-refractivity contribution in [2.45, 2.75) is 118 Å². The van der Waals surface area contributed by atoms with Gasteiger partial charge in [-0.2, -0.15) is 0 Å². The third kappa shape index (κ3) is 5.18. The van der Waals surface area contributed by atoms with Crippen LogP contribution in [0.5, 0.6) is 0 Å². The van der Waals surface area contributed by atoms with Crippen molar-refractivity contribution >= 4 is 11.9 Å². The van der Waals surface area contributed by atoms with E-state index >= 15 is 0 Å². The first-order valence-electron chi connectivity index (χ1n) is 15.7. The zero-order chi connectivity index (χ0) is 27.1. The van der Waals surface area contributed by atoms with Gasteiger partial charge in [-0.3, -0.25) is 5.32 Å². The standard InChI is InChI=1S/C34H52N2O2/c1-22(2)9-7-10-23(3)28-14-15-29-27-13-12-25-21-26(38-32(37)36-31-24(4)11-8-20-35-31)16-18-33(25,5)30(27)17-19-34(28,29)6/h8,11-12,20,22-23,26-30H,7,9-10,13-19,21H2,1-6H3,(H,35,36,37)/t23-,26+,27+,28-,29+,30+,33+,34-/m1/s1. The third-order valence-electron chi connectivity index (χ3n) is 11.8. The number of pyridine rings is 1. The summed E-state index contributed by atoms with van der Waals surface area (Å²) >= 11 is 0. The Bertz CT molecular complexity index is 1030. The molecule has 5 rings (SSSR count). The lowest BCUT2D eigenvalue weighted by Gasteiger charge is -2.58. The number of carbonyl (C=O) groups is 1. The second-order valence-electron chi connectivity index (χ2n) is 14.4. The van der Waals surface area contributed by atoms with E-state index in [9.17, 15) is 4.79 Å². The zero-order valence-electron chi connectivity index (χ0n) is 24.9. The molecule has 0 spiro atoms. The first-order valence-corrected chi connectivity index (χ1v) is 15.7. The average molecular weight is 521 g/mol. The van der Waals surface area contributed by atoms with Gasteiger partial charge in [-0.25, -0.2) is 9.78 Å². The van der Waals surface area contributed by atoms with Crippen LogP contribution < -0.4 is 5.32 Å². The van der Waals surface area contributed by atoms with Crippen molar-refractivity contribution in [3.63, 3.8) is 0 Å². The fraction of sp³-hybridized carbons (Fsp3) is 0.765. The second-order valence-corrected chi connectivity index (χ2v) is 14.4. The fourth-order valence-electron chi connectivity index (χ4n) is 9.65. The van der Waals surface area contributed by atoms with Gasteiger partial charge < -0.3 is 4.74 Å². The molecule has 3 fully saturated rings. The minimum absolute atomic E-state index is 0.0358. The largest absolute Gasteiger partial charge is 0.446 e. The molecule has 3 saturated carbocycles. The number of carbonyl (C=O) groups excluding carboxylic acids is 1. The van der Waals surface area contributed by atoms with E-state index in [-0.39, 0.29) is 17.6 Å². The Hall–Kier alpha value is -1.84. The number of anilines is 1. The summed E-state index contributed by atoms with van der Waals surface area (Å²) in [6.07, 6.45) is 18.0.